The molecular weight excluding hydrogens is 288 g/mol. The number of aliphatic hydroxyl groups is 1. The highest BCUT2D eigenvalue weighted by Crippen LogP contribution is 2.07. The number of carbonyl (C=O) groups excluding carboxylic acids is 1. The van der Waals surface area contributed by atoms with Gasteiger partial charge >= 0.3 is 0 Å². The molecule has 136 valence electrons. The van der Waals surface area contributed by atoms with E-state index in [0.717, 1.165) is 45.2 Å². The van der Waals surface area contributed by atoms with E-state index in [9.17, 15) is 4.79 Å². The van der Waals surface area contributed by atoms with E-state index in [0.29, 0.717) is 19.7 Å². The maximum absolute atomic E-state index is 11.7. The highest BCUT2D eigenvalue weighted by atomic mass is 16.2. The third-order valence-electron chi connectivity index (χ3n) is 4.14. The molecule has 1 amide bonds. The maximum atomic E-state index is 11.7. The summed E-state index contributed by atoms with van der Waals surface area (Å²) in [5.41, 5.74) is 0. The van der Waals surface area contributed by atoms with Gasteiger partial charge in [0.25, 0.3) is 0 Å². The molecule has 4 heteroatoms. The Morgan fingerprint density at radius 2 is 1.70 bits per heavy atom. The SMILES string of the molecule is C=CCCCCC(=O)NCN(CC)CCCCCCCCCO. The molecule has 0 atom stereocenters. The molecule has 0 spiro atoms. The number of hydrogen-bond donors (Lipinski definition) is 2. The molecule has 0 aliphatic heterocycles. The second-order valence-corrected chi connectivity index (χ2v) is 6.20. The van der Waals surface area contributed by atoms with Crippen molar-refractivity contribution in [2.75, 3.05) is 26.4 Å². The van der Waals surface area contributed by atoms with E-state index < -0.39 is 0 Å². The van der Waals surface area contributed by atoms with Gasteiger partial charge in [0.05, 0.1) is 6.67 Å². The molecule has 4 nitrogen and oxygen atoms in total. The third kappa shape index (κ3) is 15.8. The average molecular weight is 327 g/mol. The van der Waals surface area contributed by atoms with Gasteiger partial charge in [-0.1, -0.05) is 45.1 Å². The van der Waals surface area contributed by atoms with Crippen molar-refractivity contribution in [3.8, 4) is 0 Å². The number of carbonyl (C=O) groups is 1. The molecule has 23 heavy (non-hydrogen) atoms. The van der Waals surface area contributed by atoms with Crippen LogP contribution in [0.1, 0.15) is 77.6 Å². The van der Waals surface area contributed by atoms with Gasteiger partial charge in [-0.15, -0.1) is 6.58 Å². The lowest BCUT2D eigenvalue weighted by molar-refractivity contribution is -0.121. The lowest BCUT2D eigenvalue weighted by Crippen LogP contribution is -2.38. The van der Waals surface area contributed by atoms with Gasteiger partial charge < -0.3 is 10.4 Å². The standard InChI is InChI=1S/C19H38N2O2/c1-3-5-6-12-15-19(23)20-18-21(4-2)16-13-10-8-7-9-11-14-17-22/h3,22H,1,4-18H2,2H3,(H,20,23). The van der Waals surface area contributed by atoms with Gasteiger partial charge in [0.1, 0.15) is 0 Å². The molecule has 0 aliphatic carbocycles. The van der Waals surface area contributed by atoms with Crippen LogP contribution in [-0.2, 0) is 4.79 Å². The predicted molar refractivity (Wildman–Crippen MR) is 98.3 cm³/mol. The van der Waals surface area contributed by atoms with Crippen LogP contribution in [-0.4, -0.2) is 42.3 Å². The summed E-state index contributed by atoms with van der Waals surface area (Å²) in [6.45, 7) is 8.87. The molecule has 0 aromatic rings. The fourth-order valence-corrected chi connectivity index (χ4v) is 2.54. The number of rotatable bonds is 17. The molecule has 0 heterocycles. The van der Waals surface area contributed by atoms with E-state index in [1.165, 1.54) is 32.1 Å². The van der Waals surface area contributed by atoms with Crippen LogP contribution >= 0.6 is 0 Å². The summed E-state index contributed by atoms with van der Waals surface area (Å²) >= 11 is 0. The van der Waals surface area contributed by atoms with Crippen molar-refractivity contribution in [2.45, 2.75) is 77.6 Å². The first-order chi connectivity index (χ1) is 11.2. The second kappa shape index (κ2) is 17.5. The minimum absolute atomic E-state index is 0.163. The van der Waals surface area contributed by atoms with Crippen LogP contribution in [0.2, 0.25) is 0 Å². The summed E-state index contributed by atoms with van der Waals surface area (Å²) < 4.78 is 0. The van der Waals surface area contributed by atoms with Crippen LogP contribution in [0.4, 0.5) is 0 Å². The van der Waals surface area contributed by atoms with Gasteiger partial charge in [-0.3, -0.25) is 9.69 Å². The van der Waals surface area contributed by atoms with E-state index in [2.05, 4.69) is 23.7 Å². The van der Waals surface area contributed by atoms with Crippen molar-refractivity contribution in [3.63, 3.8) is 0 Å². The Balaban J connectivity index is 3.51. The molecule has 0 aromatic heterocycles. The summed E-state index contributed by atoms with van der Waals surface area (Å²) in [5.74, 6) is 0.163. The van der Waals surface area contributed by atoms with Crippen molar-refractivity contribution in [3.05, 3.63) is 12.7 Å². The summed E-state index contributed by atoms with van der Waals surface area (Å²) in [6.07, 6.45) is 13.8. The third-order valence-corrected chi connectivity index (χ3v) is 4.14. The van der Waals surface area contributed by atoms with E-state index in [-0.39, 0.29) is 5.91 Å². The van der Waals surface area contributed by atoms with Crippen molar-refractivity contribution < 1.29 is 9.90 Å². The molecule has 0 saturated heterocycles. The number of hydrogen-bond acceptors (Lipinski definition) is 3. The monoisotopic (exact) mass is 326 g/mol. The van der Waals surface area contributed by atoms with Crippen LogP contribution < -0.4 is 5.32 Å². The lowest BCUT2D eigenvalue weighted by atomic mass is 10.1. The molecule has 0 fully saturated rings. The number of aliphatic hydroxyl groups excluding tert-OH is 1. The van der Waals surface area contributed by atoms with E-state index >= 15 is 0 Å². The predicted octanol–water partition coefficient (Wildman–Crippen LogP) is 3.85. The first kappa shape index (κ1) is 22.1. The Morgan fingerprint density at radius 1 is 1.04 bits per heavy atom. The Kier molecular flexibility index (Phi) is 16.8. The highest BCUT2D eigenvalue weighted by molar-refractivity contribution is 5.75. The topological polar surface area (TPSA) is 52.6 Å². The van der Waals surface area contributed by atoms with Gasteiger partial charge in [-0.2, -0.15) is 0 Å². The number of allylic oxidation sites excluding steroid dienone is 1. The molecule has 0 aliphatic rings. The Morgan fingerprint density at radius 3 is 2.30 bits per heavy atom. The summed E-state index contributed by atoms with van der Waals surface area (Å²) in [7, 11) is 0. The van der Waals surface area contributed by atoms with Crippen LogP contribution in [0.15, 0.2) is 12.7 Å². The zero-order valence-corrected chi connectivity index (χ0v) is 15.2. The Hall–Kier alpha value is -0.870. The zero-order chi connectivity index (χ0) is 17.2. The first-order valence-electron chi connectivity index (χ1n) is 9.45. The van der Waals surface area contributed by atoms with E-state index in [1.807, 2.05) is 6.08 Å². The molecule has 0 aromatic carbocycles. The minimum atomic E-state index is 0.163. The van der Waals surface area contributed by atoms with Crippen LogP contribution in [0.3, 0.4) is 0 Å². The van der Waals surface area contributed by atoms with Crippen molar-refractivity contribution in [2.24, 2.45) is 0 Å². The van der Waals surface area contributed by atoms with Crippen molar-refractivity contribution in [1.29, 1.82) is 0 Å². The van der Waals surface area contributed by atoms with E-state index in [1.54, 1.807) is 0 Å². The van der Waals surface area contributed by atoms with Gasteiger partial charge in [0, 0.05) is 13.0 Å². The number of nitrogens with zero attached hydrogens (tertiary/aromatic N) is 1. The fourth-order valence-electron chi connectivity index (χ4n) is 2.54. The van der Waals surface area contributed by atoms with Gasteiger partial charge in [-0.05, 0) is 45.2 Å². The molecule has 0 unspecified atom stereocenters. The zero-order valence-electron chi connectivity index (χ0n) is 15.2. The summed E-state index contributed by atoms with van der Waals surface area (Å²) in [5, 5.41) is 11.7. The minimum Gasteiger partial charge on any atom is -0.396 e. The van der Waals surface area contributed by atoms with Crippen molar-refractivity contribution in [1.82, 2.24) is 10.2 Å². The molecular formula is C19H38N2O2. The average Bonchev–Trinajstić information content (AvgIpc) is 2.56. The summed E-state index contributed by atoms with van der Waals surface area (Å²) in [4.78, 5) is 14.0. The number of amides is 1. The summed E-state index contributed by atoms with van der Waals surface area (Å²) in [6, 6.07) is 0. The smallest absolute Gasteiger partial charge is 0.220 e. The maximum Gasteiger partial charge on any atom is 0.220 e. The Labute approximate surface area is 143 Å². The largest absolute Gasteiger partial charge is 0.396 e. The quantitative estimate of drug-likeness (QED) is 0.242. The molecule has 2 N–H and O–H groups in total. The first-order valence-corrected chi connectivity index (χ1v) is 9.45. The number of unbranched alkanes of at least 4 members (excludes halogenated alkanes) is 8. The van der Waals surface area contributed by atoms with Crippen LogP contribution in [0, 0.1) is 0 Å². The highest BCUT2D eigenvalue weighted by Gasteiger charge is 2.05. The van der Waals surface area contributed by atoms with Gasteiger partial charge in [-0.25, -0.2) is 0 Å². The molecule has 0 saturated carbocycles. The van der Waals surface area contributed by atoms with E-state index in [4.69, 9.17) is 5.11 Å². The molecule has 0 bridgehead atoms. The van der Waals surface area contributed by atoms with Gasteiger partial charge in [0.15, 0.2) is 0 Å². The van der Waals surface area contributed by atoms with Crippen LogP contribution in [0.25, 0.3) is 0 Å². The van der Waals surface area contributed by atoms with Crippen LogP contribution in [0.5, 0.6) is 0 Å². The van der Waals surface area contributed by atoms with Crippen molar-refractivity contribution >= 4 is 5.91 Å². The lowest BCUT2D eigenvalue weighted by Gasteiger charge is -2.20. The fraction of sp³-hybridized carbons (Fsp3) is 0.842. The molecule has 0 rings (SSSR count). The van der Waals surface area contributed by atoms with Gasteiger partial charge in [0.2, 0.25) is 5.91 Å². The number of nitrogens with one attached hydrogen (secondary N) is 1. The second-order valence-electron chi connectivity index (χ2n) is 6.20. The normalized spacial score (nSPS) is 10.9. The Bertz CT molecular complexity index is 283. The molecule has 0 radical (unpaired) electrons.